The molecule has 9 heavy (non-hydrogen) atoms. The molecular formula is C7H12N2. The third kappa shape index (κ3) is 0.980. The third-order valence-corrected chi connectivity index (χ3v) is 1.64. The van der Waals surface area contributed by atoms with Crippen LogP contribution in [-0.2, 0) is 6.54 Å². The first kappa shape index (κ1) is 6.36. The summed E-state index contributed by atoms with van der Waals surface area (Å²) in [4.78, 5) is 3.11. The fraction of sp³-hybridized carbons (Fsp3) is 0.429. The van der Waals surface area contributed by atoms with Crippen LogP contribution in [-0.4, -0.2) is 4.98 Å². The maximum atomic E-state index is 5.48. The maximum absolute atomic E-state index is 5.48. The Bertz CT molecular complexity index is 181. The number of hydrogen-bond acceptors (Lipinski definition) is 1. The quantitative estimate of drug-likeness (QED) is 0.578. The molecule has 0 bridgehead atoms. The Balaban J connectivity index is 3.07. The molecule has 0 aliphatic rings. The highest BCUT2D eigenvalue weighted by Crippen LogP contribution is 2.09. The van der Waals surface area contributed by atoms with Crippen molar-refractivity contribution in [2.24, 2.45) is 5.73 Å². The predicted molar refractivity (Wildman–Crippen MR) is 38.2 cm³/mol. The molecule has 2 heteroatoms. The van der Waals surface area contributed by atoms with Crippen molar-refractivity contribution in [3.05, 3.63) is 23.0 Å². The number of nitrogens with two attached hydrogens (primary N) is 1. The van der Waals surface area contributed by atoms with Crippen LogP contribution in [0.3, 0.4) is 0 Å². The monoisotopic (exact) mass is 124 g/mol. The van der Waals surface area contributed by atoms with Crippen LogP contribution in [0.5, 0.6) is 0 Å². The Labute approximate surface area is 55.1 Å². The minimum absolute atomic E-state index is 0.640. The van der Waals surface area contributed by atoms with Gasteiger partial charge in [0.15, 0.2) is 0 Å². The fourth-order valence-corrected chi connectivity index (χ4v) is 1.00. The normalized spacial score (nSPS) is 10.1. The fourth-order valence-electron chi connectivity index (χ4n) is 1.00. The van der Waals surface area contributed by atoms with Gasteiger partial charge in [-0.1, -0.05) is 0 Å². The van der Waals surface area contributed by atoms with Gasteiger partial charge in [-0.15, -0.1) is 0 Å². The average Bonchev–Trinajstić information content (AvgIpc) is 2.12. The number of nitrogens with one attached hydrogen (secondary N) is 1. The highest BCUT2D eigenvalue weighted by molar-refractivity contribution is 5.28. The van der Waals surface area contributed by atoms with E-state index >= 15 is 0 Å². The standard InChI is InChI=1S/C7H12N2/c1-5-4-9-6(2)7(5)3-8/h4,9H,3,8H2,1-2H3. The van der Waals surface area contributed by atoms with E-state index in [1.165, 1.54) is 16.8 Å². The summed E-state index contributed by atoms with van der Waals surface area (Å²) in [5.74, 6) is 0. The highest BCUT2D eigenvalue weighted by atomic mass is 14.7. The van der Waals surface area contributed by atoms with E-state index in [9.17, 15) is 0 Å². The van der Waals surface area contributed by atoms with Crippen LogP contribution in [0.15, 0.2) is 6.20 Å². The molecule has 0 saturated carbocycles. The number of hydrogen-bond donors (Lipinski definition) is 2. The van der Waals surface area contributed by atoms with Crippen molar-refractivity contribution in [3.8, 4) is 0 Å². The van der Waals surface area contributed by atoms with E-state index < -0.39 is 0 Å². The second kappa shape index (κ2) is 2.23. The van der Waals surface area contributed by atoms with Crippen molar-refractivity contribution in [3.63, 3.8) is 0 Å². The summed E-state index contributed by atoms with van der Waals surface area (Å²) in [6.07, 6.45) is 1.98. The first-order chi connectivity index (χ1) is 4.25. The van der Waals surface area contributed by atoms with Crippen LogP contribution in [0.1, 0.15) is 16.8 Å². The van der Waals surface area contributed by atoms with Crippen LogP contribution < -0.4 is 5.73 Å². The number of rotatable bonds is 1. The van der Waals surface area contributed by atoms with E-state index in [0.717, 1.165) is 0 Å². The zero-order valence-electron chi connectivity index (χ0n) is 5.86. The summed E-state index contributed by atoms with van der Waals surface area (Å²) < 4.78 is 0. The van der Waals surface area contributed by atoms with Gasteiger partial charge in [-0.05, 0) is 25.0 Å². The predicted octanol–water partition coefficient (Wildman–Crippen LogP) is 1.09. The third-order valence-electron chi connectivity index (χ3n) is 1.64. The number of aromatic nitrogens is 1. The van der Waals surface area contributed by atoms with Crippen LogP contribution >= 0.6 is 0 Å². The lowest BCUT2D eigenvalue weighted by Gasteiger charge is -1.93. The summed E-state index contributed by atoms with van der Waals surface area (Å²) in [7, 11) is 0. The lowest BCUT2D eigenvalue weighted by molar-refractivity contribution is 1.03. The first-order valence-electron chi connectivity index (χ1n) is 3.09. The Morgan fingerprint density at radius 2 is 2.22 bits per heavy atom. The number of H-pyrrole nitrogens is 1. The van der Waals surface area contributed by atoms with Gasteiger partial charge in [-0.2, -0.15) is 0 Å². The largest absolute Gasteiger partial charge is 0.365 e. The van der Waals surface area contributed by atoms with Gasteiger partial charge in [0.1, 0.15) is 0 Å². The zero-order valence-corrected chi connectivity index (χ0v) is 5.86. The molecule has 0 aromatic carbocycles. The van der Waals surface area contributed by atoms with Crippen molar-refractivity contribution in [2.45, 2.75) is 20.4 Å². The lowest BCUT2D eigenvalue weighted by Crippen LogP contribution is -1.97. The average molecular weight is 124 g/mol. The molecule has 1 heterocycles. The van der Waals surface area contributed by atoms with Gasteiger partial charge >= 0.3 is 0 Å². The molecule has 0 saturated heterocycles. The van der Waals surface area contributed by atoms with Gasteiger partial charge < -0.3 is 10.7 Å². The highest BCUT2D eigenvalue weighted by Gasteiger charge is 1.99. The molecule has 0 aliphatic heterocycles. The van der Waals surface area contributed by atoms with Crippen LogP contribution in [0.25, 0.3) is 0 Å². The molecule has 2 nitrogen and oxygen atoms in total. The molecule has 0 atom stereocenters. The lowest BCUT2D eigenvalue weighted by atomic mass is 10.2. The molecular weight excluding hydrogens is 112 g/mol. The van der Waals surface area contributed by atoms with Crippen molar-refractivity contribution in [1.29, 1.82) is 0 Å². The van der Waals surface area contributed by atoms with E-state index in [-0.39, 0.29) is 0 Å². The van der Waals surface area contributed by atoms with Crippen molar-refractivity contribution < 1.29 is 0 Å². The molecule has 50 valence electrons. The molecule has 0 spiro atoms. The zero-order chi connectivity index (χ0) is 6.85. The molecule has 0 fully saturated rings. The summed E-state index contributed by atoms with van der Waals surface area (Å²) in [6.45, 7) is 4.74. The smallest absolute Gasteiger partial charge is 0.0198 e. The Hall–Kier alpha value is -0.760. The minimum Gasteiger partial charge on any atom is -0.365 e. The Morgan fingerprint density at radius 3 is 2.44 bits per heavy atom. The molecule has 1 rings (SSSR count). The summed E-state index contributed by atoms with van der Waals surface area (Å²) in [5, 5.41) is 0. The van der Waals surface area contributed by atoms with Crippen molar-refractivity contribution in [1.82, 2.24) is 4.98 Å². The first-order valence-corrected chi connectivity index (χ1v) is 3.09. The van der Waals surface area contributed by atoms with Gasteiger partial charge in [0.05, 0.1) is 0 Å². The van der Waals surface area contributed by atoms with Gasteiger partial charge in [0.25, 0.3) is 0 Å². The summed E-state index contributed by atoms with van der Waals surface area (Å²) >= 11 is 0. The van der Waals surface area contributed by atoms with E-state index in [1.54, 1.807) is 0 Å². The SMILES string of the molecule is Cc1c[nH]c(C)c1CN. The molecule has 0 aliphatic carbocycles. The Morgan fingerprint density at radius 1 is 1.56 bits per heavy atom. The van der Waals surface area contributed by atoms with Crippen molar-refractivity contribution in [2.75, 3.05) is 0 Å². The summed E-state index contributed by atoms with van der Waals surface area (Å²) in [6, 6.07) is 0. The number of aromatic amines is 1. The second-order valence-corrected chi connectivity index (χ2v) is 2.28. The molecule has 1 aromatic rings. The summed E-state index contributed by atoms with van der Waals surface area (Å²) in [5.41, 5.74) is 9.17. The van der Waals surface area contributed by atoms with Gasteiger partial charge in [-0.3, -0.25) is 0 Å². The van der Waals surface area contributed by atoms with E-state index in [2.05, 4.69) is 11.9 Å². The second-order valence-electron chi connectivity index (χ2n) is 2.28. The topological polar surface area (TPSA) is 41.8 Å². The van der Waals surface area contributed by atoms with Crippen LogP contribution in [0.4, 0.5) is 0 Å². The maximum Gasteiger partial charge on any atom is 0.0198 e. The van der Waals surface area contributed by atoms with Gasteiger partial charge in [0, 0.05) is 18.4 Å². The Kier molecular flexibility index (Phi) is 1.58. The molecule has 0 unspecified atom stereocenters. The van der Waals surface area contributed by atoms with Crippen LogP contribution in [0, 0.1) is 13.8 Å². The minimum atomic E-state index is 0.640. The molecule has 3 N–H and O–H groups in total. The van der Waals surface area contributed by atoms with E-state index in [1.807, 2.05) is 13.1 Å². The van der Waals surface area contributed by atoms with Crippen LogP contribution in [0.2, 0.25) is 0 Å². The van der Waals surface area contributed by atoms with E-state index in [4.69, 9.17) is 5.73 Å². The van der Waals surface area contributed by atoms with Gasteiger partial charge in [-0.25, -0.2) is 0 Å². The number of aryl methyl sites for hydroxylation is 2. The van der Waals surface area contributed by atoms with E-state index in [0.29, 0.717) is 6.54 Å². The van der Waals surface area contributed by atoms with Gasteiger partial charge in [0.2, 0.25) is 0 Å². The van der Waals surface area contributed by atoms with Crippen molar-refractivity contribution >= 4 is 0 Å². The molecule has 0 amide bonds. The molecule has 0 radical (unpaired) electrons. The molecule has 1 aromatic heterocycles.